The van der Waals surface area contributed by atoms with Crippen molar-refractivity contribution in [3.05, 3.63) is 65.5 Å². The molecule has 0 spiro atoms. The molecule has 0 bridgehead atoms. The lowest BCUT2D eigenvalue weighted by molar-refractivity contribution is 0.0794. The predicted molar refractivity (Wildman–Crippen MR) is 136 cm³/mol. The first kappa shape index (κ1) is 24.0. The topological polar surface area (TPSA) is 75.0 Å². The van der Waals surface area contributed by atoms with Crippen LogP contribution in [0.5, 0.6) is 0 Å². The number of hydrogen-bond donors (Lipinski definition) is 0. The Morgan fingerprint density at radius 2 is 1.63 bits per heavy atom. The lowest BCUT2D eigenvalue weighted by Crippen LogP contribution is -2.37. The average Bonchev–Trinajstić information content (AvgIpc) is 3.53. The molecule has 186 valence electrons. The third-order valence-corrected chi connectivity index (χ3v) is 9.37. The van der Waals surface area contributed by atoms with Crippen LogP contribution in [-0.2, 0) is 15.4 Å². The summed E-state index contributed by atoms with van der Waals surface area (Å²) in [7, 11) is -3.51. The number of nitrogens with zero attached hydrogens (tertiary/aromatic N) is 4. The number of hydrogen-bond acceptors (Lipinski definition) is 4. The zero-order chi connectivity index (χ0) is 24.8. The van der Waals surface area contributed by atoms with Gasteiger partial charge < -0.3 is 4.90 Å². The lowest BCUT2D eigenvalue weighted by Gasteiger charge is -2.31. The van der Waals surface area contributed by atoms with Gasteiger partial charge in [0.25, 0.3) is 5.91 Å². The van der Waals surface area contributed by atoms with Gasteiger partial charge in [-0.3, -0.25) is 4.79 Å². The molecule has 0 atom stereocenters. The molecule has 2 fully saturated rings. The highest BCUT2D eigenvalue weighted by atomic mass is 32.2. The highest BCUT2D eigenvalue weighted by molar-refractivity contribution is 7.89. The summed E-state index contributed by atoms with van der Waals surface area (Å²) in [5.41, 5.74) is 3.71. The van der Waals surface area contributed by atoms with E-state index in [1.807, 2.05) is 29.3 Å². The van der Waals surface area contributed by atoms with E-state index in [1.165, 1.54) is 0 Å². The number of aromatic nitrogens is 2. The number of carbonyl (C=O) groups is 1. The minimum Gasteiger partial charge on any atom is -0.339 e. The number of sulfonamides is 1. The maximum Gasteiger partial charge on any atom is 0.257 e. The number of fused-ring (bicyclic) bond motifs is 1. The van der Waals surface area contributed by atoms with E-state index in [0.717, 1.165) is 55.4 Å². The Morgan fingerprint density at radius 3 is 2.26 bits per heavy atom. The summed E-state index contributed by atoms with van der Waals surface area (Å²) in [6.45, 7) is 8.94. The molecule has 5 rings (SSSR count). The SMILES string of the molecule is CC(C)(C)c1ccc(S(=O)(=O)N2CCC(c3ccn4ncc(C(=O)N5CCCC5)c4c3)CC2)cc1. The first-order valence-electron chi connectivity index (χ1n) is 12.5. The molecule has 1 aromatic carbocycles. The van der Waals surface area contributed by atoms with Gasteiger partial charge in [-0.25, -0.2) is 12.9 Å². The second-order valence-corrected chi connectivity index (χ2v) is 12.7. The molecule has 7 nitrogen and oxygen atoms in total. The molecule has 4 heterocycles. The minimum atomic E-state index is -3.51. The third kappa shape index (κ3) is 4.61. The van der Waals surface area contributed by atoms with Gasteiger partial charge in [0.2, 0.25) is 10.0 Å². The van der Waals surface area contributed by atoms with E-state index in [2.05, 4.69) is 31.9 Å². The van der Waals surface area contributed by atoms with Crippen molar-refractivity contribution < 1.29 is 13.2 Å². The summed E-state index contributed by atoms with van der Waals surface area (Å²) >= 11 is 0. The number of pyridine rings is 1. The molecule has 0 radical (unpaired) electrons. The Labute approximate surface area is 207 Å². The quantitative estimate of drug-likeness (QED) is 0.538. The summed E-state index contributed by atoms with van der Waals surface area (Å²) in [4.78, 5) is 15.2. The minimum absolute atomic E-state index is 0.0177. The van der Waals surface area contributed by atoms with Crippen molar-refractivity contribution in [2.24, 2.45) is 0 Å². The van der Waals surface area contributed by atoms with Gasteiger partial charge >= 0.3 is 0 Å². The normalized spacial score (nSPS) is 18.4. The van der Waals surface area contributed by atoms with Crippen LogP contribution in [0.4, 0.5) is 0 Å². The summed E-state index contributed by atoms with van der Waals surface area (Å²) in [6, 6.07) is 11.4. The number of rotatable bonds is 4. The average molecular weight is 495 g/mol. The van der Waals surface area contributed by atoms with Gasteiger partial charge in [0.15, 0.2) is 0 Å². The number of amides is 1. The molecule has 2 aromatic heterocycles. The van der Waals surface area contributed by atoms with Gasteiger partial charge in [0, 0.05) is 32.4 Å². The molecule has 2 aliphatic heterocycles. The first-order valence-corrected chi connectivity index (χ1v) is 14.0. The molecular weight excluding hydrogens is 460 g/mol. The number of benzene rings is 1. The van der Waals surface area contributed by atoms with Crippen LogP contribution in [0, 0.1) is 0 Å². The fourth-order valence-corrected chi connectivity index (χ4v) is 6.68. The maximum absolute atomic E-state index is 13.2. The highest BCUT2D eigenvalue weighted by Crippen LogP contribution is 2.32. The van der Waals surface area contributed by atoms with Crippen LogP contribution in [0.25, 0.3) is 5.52 Å². The Hall–Kier alpha value is -2.71. The van der Waals surface area contributed by atoms with Crippen LogP contribution in [0.15, 0.2) is 53.7 Å². The summed E-state index contributed by atoms with van der Waals surface area (Å²) in [5, 5.41) is 4.38. The molecule has 2 aliphatic rings. The van der Waals surface area contributed by atoms with E-state index in [9.17, 15) is 13.2 Å². The Bertz CT molecular complexity index is 1320. The molecule has 8 heteroatoms. The second-order valence-electron chi connectivity index (χ2n) is 10.8. The van der Waals surface area contributed by atoms with E-state index in [4.69, 9.17) is 0 Å². The van der Waals surface area contributed by atoms with Crippen LogP contribution in [0.1, 0.15) is 73.9 Å². The van der Waals surface area contributed by atoms with Crippen molar-refractivity contribution in [3.8, 4) is 0 Å². The fraction of sp³-hybridized carbons (Fsp3) is 0.481. The maximum atomic E-state index is 13.2. The van der Waals surface area contributed by atoms with Crippen LogP contribution < -0.4 is 0 Å². The summed E-state index contributed by atoms with van der Waals surface area (Å²) < 4.78 is 29.9. The molecule has 1 amide bonds. The fourth-order valence-electron chi connectivity index (χ4n) is 5.21. The monoisotopic (exact) mass is 494 g/mol. The van der Waals surface area contributed by atoms with E-state index in [1.54, 1.807) is 27.2 Å². The number of likely N-dealkylation sites (tertiary alicyclic amines) is 1. The molecule has 35 heavy (non-hydrogen) atoms. The van der Waals surface area contributed by atoms with Crippen molar-refractivity contribution in [2.75, 3.05) is 26.2 Å². The van der Waals surface area contributed by atoms with E-state index in [-0.39, 0.29) is 17.2 Å². The van der Waals surface area contributed by atoms with Crippen LogP contribution in [0.2, 0.25) is 0 Å². The van der Waals surface area contributed by atoms with Crippen LogP contribution in [-0.4, -0.2) is 59.3 Å². The standard InChI is InChI=1S/C27H34N4O3S/c1-27(2,3)22-6-8-23(9-7-22)35(33,34)30-15-10-20(11-16-30)21-12-17-31-25(18-21)24(19-28-31)26(32)29-13-4-5-14-29/h6-9,12,17-20H,4-5,10-11,13-16H2,1-3H3. The van der Waals surface area contributed by atoms with E-state index < -0.39 is 10.0 Å². The molecule has 0 N–H and O–H groups in total. The van der Waals surface area contributed by atoms with Crippen LogP contribution >= 0.6 is 0 Å². The molecule has 0 saturated carbocycles. The molecule has 3 aromatic rings. The summed E-state index contributed by atoms with van der Waals surface area (Å²) in [5.74, 6) is 0.299. The first-order chi connectivity index (χ1) is 16.6. The second kappa shape index (κ2) is 9.06. The lowest BCUT2D eigenvalue weighted by atomic mass is 9.87. The number of piperidine rings is 1. The van der Waals surface area contributed by atoms with Gasteiger partial charge in [0.1, 0.15) is 0 Å². The van der Waals surface area contributed by atoms with E-state index in [0.29, 0.717) is 23.5 Å². The molecule has 0 aliphatic carbocycles. The van der Waals surface area contributed by atoms with Gasteiger partial charge in [0.05, 0.1) is 22.2 Å². The summed E-state index contributed by atoms with van der Waals surface area (Å²) in [6.07, 6.45) is 7.18. The van der Waals surface area contributed by atoms with Gasteiger partial charge in [-0.15, -0.1) is 0 Å². The number of carbonyl (C=O) groups excluding carboxylic acids is 1. The molecular formula is C27H34N4O3S. The van der Waals surface area contributed by atoms with Crippen molar-refractivity contribution in [2.45, 2.75) is 62.7 Å². The Kier molecular flexibility index (Phi) is 6.21. The Balaban J connectivity index is 1.30. The zero-order valence-corrected chi connectivity index (χ0v) is 21.6. The van der Waals surface area contributed by atoms with Gasteiger partial charge in [-0.2, -0.15) is 9.40 Å². The molecule has 2 saturated heterocycles. The van der Waals surface area contributed by atoms with Crippen molar-refractivity contribution in [3.63, 3.8) is 0 Å². The van der Waals surface area contributed by atoms with Crippen LogP contribution in [0.3, 0.4) is 0 Å². The predicted octanol–water partition coefficient (Wildman–Crippen LogP) is 4.44. The zero-order valence-electron chi connectivity index (χ0n) is 20.8. The van der Waals surface area contributed by atoms with E-state index >= 15 is 0 Å². The van der Waals surface area contributed by atoms with Crippen molar-refractivity contribution >= 4 is 21.4 Å². The highest BCUT2D eigenvalue weighted by Gasteiger charge is 2.31. The largest absolute Gasteiger partial charge is 0.339 e. The smallest absolute Gasteiger partial charge is 0.257 e. The molecule has 0 unspecified atom stereocenters. The van der Waals surface area contributed by atoms with Gasteiger partial charge in [-0.1, -0.05) is 32.9 Å². The van der Waals surface area contributed by atoms with Crippen molar-refractivity contribution in [1.82, 2.24) is 18.8 Å². The van der Waals surface area contributed by atoms with Crippen molar-refractivity contribution in [1.29, 1.82) is 0 Å². The van der Waals surface area contributed by atoms with Gasteiger partial charge in [-0.05, 0) is 72.4 Å². The Morgan fingerprint density at radius 1 is 0.971 bits per heavy atom. The third-order valence-electron chi connectivity index (χ3n) is 7.45.